The highest BCUT2D eigenvalue weighted by Crippen LogP contribution is 2.05. The molecular formula is C9H20N2. The van der Waals surface area contributed by atoms with E-state index >= 15 is 0 Å². The van der Waals surface area contributed by atoms with Crippen molar-refractivity contribution in [3.05, 3.63) is 0 Å². The molecule has 1 atom stereocenters. The van der Waals surface area contributed by atoms with Crippen molar-refractivity contribution in [2.45, 2.75) is 45.2 Å². The summed E-state index contributed by atoms with van der Waals surface area (Å²) < 4.78 is 0. The zero-order chi connectivity index (χ0) is 8.10. The Hall–Kier alpha value is -0.0800. The zero-order valence-corrected chi connectivity index (χ0v) is 7.69. The third kappa shape index (κ3) is 3.73. The van der Waals surface area contributed by atoms with E-state index in [4.69, 9.17) is 0 Å². The molecule has 0 spiro atoms. The van der Waals surface area contributed by atoms with Crippen LogP contribution < -0.4 is 10.6 Å². The Kier molecular flexibility index (Phi) is 3.87. The van der Waals surface area contributed by atoms with Gasteiger partial charge in [0.15, 0.2) is 0 Å². The summed E-state index contributed by atoms with van der Waals surface area (Å²) >= 11 is 0. The van der Waals surface area contributed by atoms with E-state index in [1.54, 1.807) is 0 Å². The predicted octanol–water partition coefficient (Wildman–Crippen LogP) is 1.13. The lowest BCUT2D eigenvalue weighted by atomic mass is 10.1. The third-order valence-corrected chi connectivity index (χ3v) is 2.14. The summed E-state index contributed by atoms with van der Waals surface area (Å²) in [5.41, 5.74) is 0. The van der Waals surface area contributed by atoms with E-state index in [2.05, 4.69) is 24.5 Å². The highest BCUT2D eigenvalue weighted by Gasteiger charge is 2.11. The SMILES string of the molecule is CC(C)N[C@@H]1CCCNCC1. The van der Waals surface area contributed by atoms with Crippen LogP contribution in [0.15, 0.2) is 0 Å². The molecule has 1 fully saturated rings. The summed E-state index contributed by atoms with van der Waals surface area (Å²) in [6, 6.07) is 1.39. The largest absolute Gasteiger partial charge is 0.317 e. The Labute approximate surface area is 69.8 Å². The van der Waals surface area contributed by atoms with Crippen LogP contribution in [0.3, 0.4) is 0 Å². The summed E-state index contributed by atoms with van der Waals surface area (Å²) in [5.74, 6) is 0. The van der Waals surface area contributed by atoms with Crippen molar-refractivity contribution in [1.82, 2.24) is 10.6 Å². The lowest BCUT2D eigenvalue weighted by molar-refractivity contribution is 0.429. The summed E-state index contributed by atoms with van der Waals surface area (Å²) in [5, 5.41) is 6.99. The molecular weight excluding hydrogens is 136 g/mol. The first kappa shape index (κ1) is 9.01. The Morgan fingerprint density at radius 2 is 2.09 bits per heavy atom. The fourth-order valence-electron chi connectivity index (χ4n) is 1.66. The van der Waals surface area contributed by atoms with Crippen LogP contribution >= 0.6 is 0 Å². The van der Waals surface area contributed by atoms with Crippen molar-refractivity contribution in [3.63, 3.8) is 0 Å². The van der Waals surface area contributed by atoms with E-state index in [9.17, 15) is 0 Å². The molecule has 0 amide bonds. The molecule has 0 aromatic rings. The van der Waals surface area contributed by atoms with Crippen molar-refractivity contribution in [3.8, 4) is 0 Å². The van der Waals surface area contributed by atoms with Crippen LogP contribution in [-0.2, 0) is 0 Å². The molecule has 0 aromatic heterocycles. The third-order valence-electron chi connectivity index (χ3n) is 2.14. The van der Waals surface area contributed by atoms with Crippen LogP contribution in [0.25, 0.3) is 0 Å². The van der Waals surface area contributed by atoms with Crippen molar-refractivity contribution in [1.29, 1.82) is 0 Å². The van der Waals surface area contributed by atoms with Gasteiger partial charge in [0.2, 0.25) is 0 Å². The van der Waals surface area contributed by atoms with Crippen molar-refractivity contribution < 1.29 is 0 Å². The van der Waals surface area contributed by atoms with Crippen LogP contribution in [-0.4, -0.2) is 25.2 Å². The molecule has 0 bridgehead atoms. The Morgan fingerprint density at radius 3 is 2.82 bits per heavy atom. The number of nitrogens with one attached hydrogen (secondary N) is 2. The molecule has 66 valence electrons. The first-order chi connectivity index (χ1) is 5.29. The molecule has 1 heterocycles. The average molecular weight is 156 g/mol. The highest BCUT2D eigenvalue weighted by molar-refractivity contribution is 4.73. The smallest absolute Gasteiger partial charge is 0.00819 e. The Bertz CT molecular complexity index is 93.7. The van der Waals surface area contributed by atoms with Crippen LogP contribution in [0.1, 0.15) is 33.1 Å². The monoisotopic (exact) mass is 156 g/mol. The van der Waals surface area contributed by atoms with Gasteiger partial charge in [0.1, 0.15) is 0 Å². The van der Waals surface area contributed by atoms with E-state index in [0.717, 1.165) is 6.04 Å². The van der Waals surface area contributed by atoms with E-state index in [0.29, 0.717) is 6.04 Å². The molecule has 2 N–H and O–H groups in total. The second kappa shape index (κ2) is 4.73. The first-order valence-electron chi connectivity index (χ1n) is 4.76. The highest BCUT2D eigenvalue weighted by atomic mass is 15.0. The second-order valence-corrected chi connectivity index (χ2v) is 3.70. The molecule has 1 rings (SSSR count). The quantitative estimate of drug-likeness (QED) is 0.626. The molecule has 1 saturated heterocycles. The maximum Gasteiger partial charge on any atom is 0.00819 e. The van der Waals surface area contributed by atoms with Gasteiger partial charge >= 0.3 is 0 Å². The van der Waals surface area contributed by atoms with Crippen molar-refractivity contribution in [2.24, 2.45) is 0 Å². The molecule has 0 aromatic carbocycles. The molecule has 11 heavy (non-hydrogen) atoms. The molecule has 0 unspecified atom stereocenters. The van der Waals surface area contributed by atoms with Crippen LogP contribution in [0.4, 0.5) is 0 Å². The fraction of sp³-hybridized carbons (Fsp3) is 1.00. The Balaban J connectivity index is 2.20. The molecule has 0 saturated carbocycles. The number of rotatable bonds is 2. The van der Waals surface area contributed by atoms with Crippen molar-refractivity contribution >= 4 is 0 Å². The van der Waals surface area contributed by atoms with E-state index < -0.39 is 0 Å². The average Bonchev–Trinajstić information content (AvgIpc) is 2.14. The van der Waals surface area contributed by atoms with Gasteiger partial charge in [0.25, 0.3) is 0 Å². The first-order valence-corrected chi connectivity index (χ1v) is 4.76. The second-order valence-electron chi connectivity index (χ2n) is 3.70. The maximum atomic E-state index is 3.58. The minimum atomic E-state index is 0.637. The van der Waals surface area contributed by atoms with E-state index in [1.807, 2.05) is 0 Å². The van der Waals surface area contributed by atoms with E-state index in [-0.39, 0.29) is 0 Å². The molecule has 0 radical (unpaired) electrons. The molecule has 1 aliphatic rings. The lowest BCUT2D eigenvalue weighted by Crippen LogP contribution is -2.35. The fourth-order valence-corrected chi connectivity index (χ4v) is 1.66. The summed E-state index contributed by atoms with van der Waals surface area (Å²) in [4.78, 5) is 0. The van der Waals surface area contributed by atoms with Gasteiger partial charge < -0.3 is 10.6 Å². The molecule has 2 heteroatoms. The van der Waals surface area contributed by atoms with Gasteiger partial charge in [0, 0.05) is 12.1 Å². The Morgan fingerprint density at radius 1 is 1.27 bits per heavy atom. The van der Waals surface area contributed by atoms with Crippen LogP contribution in [0.2, 0.25) is 0 Å². The van der Waals surface area contributed by atoms with E-state index in [1.165, 1.54) is 32.4 Å². The molecule has 2 nitrogen and oxygen atoms in total. The van der Waals surface area contributed by atoms with Crippen LogP contribution in [0, 0.1) is 0 Å². The summed E-state index contributed by atoms with van der Waals surface area (Å²) in [7, 11) is 0. The standard InChI is InChI=1S/C9H20N2/c1-8(2)11-9-4-3-6-10-7-5-9/h8-11H,3-7H2,1-2H3/t9-/m1/s1. The number of hydrogen-bond acceptors (Lipinski definition) is 2. The summed E-state index contributed by atoms with van der Waals surface area (Å²) in [6.45, 7) is 6.83. The van der Waals surface area contributed by atoms with Gasteiger partial charge in [-0.3, -0.25) is 0 Å². The van der Waals surface area contributed by atoms with Gasteiger partial charge in [-0.05, 0) is 32.4 Å². The van der Waals surface area contributed by atoms with Crippen LogP contribution in [0.5, 0.6) is 0 Å². The minimum absolute atomic E-state index is 0.637. The van der Waals surface area contributed by atoms with Gasteiger partial charge in [0.05, 0.1) is 0 Å². The normalized spacial score (nSPS) is 27.0. The molecule has 1 aliphatic heterocycles. The predicted molar refractivity (Wildman–Crippen MR) is 48.8 cm³/mol. The van der Waals surface area contributed by atoms with Gasteiger partial charge in [-0.2, -0.15) is 0 Å². The lowest BCUT2D eigenvalue weighted by Gasteiger charge is -2.18. The van der Waals surface area contributed by atoms with Gasteiger partial charge in [-0.1, -0.05) is 13.8 Å². The van der Waals surface area contributed by atoms with Gasteiger partial charge in [-0.25, -0.2) is 0 Å². The number of hydrogen-bond donors (Lipinski definition) is 2. The zero-order valence-electron chi connectivity index (χ0n) is 7.69. The summed E-state index contributed by atoms with van der Waals surface area (Å²) in [6.07, 6.45) is 3.95. The molecule has 0 aliphatic carbocycles. The van der Waals surface area contributed by atoms with Crippen molar-refractivity contribution in [2.75, 3.05) is 13.1 Å². The maximum absolute atomic E-state index is 3.58. The topological polar surface area (TPSA) is 24.1 Å². The minimum Gasteiger partial charge on any atom is -0.317 e. The van der Waals surface area contributed by atoms with Gasteiger partial charge in [-0.15, -0.1) is 0 Å².